The van der Waals surface area contributed by atoms with Gasteiger partial charge in [0.05, 0.1) is 17.9 Å². The van der Waals surface area contributed by atoms with Crippen molar-refractivity contribution in [1.29, 1.82) is 0 Å². The fourth-order valence-corrected chi connectivity index (χ4v) is 3.30. The minimum absolute atomic E-state index is 0.0493. The molecule has 2 aromatic rings. The van der Waals surface area contributed by atoms with Gasteiger partial charge in [0.2, 0.25) is 11.8 Å². The molecule has 31 heavy (non-hydrogen) atoms. The summed E-state index contributed by atoms with van der Waals surface area (Å²) in [7, 11) is 0. The largest absolute Gasteiger partial charge is 0.333 e. The van der Waals surface area contributed by atoms with Crippen molar-refractivity contribution in [3.05, 3.63) is 41.6 Å². The Morgan fingerprint density at radius 3 is 2.39 bits per heavy atom. The third kappa shape index (κ3) is 6.94. The van der Waals surface area contributed by atoms with Crippen molar-refractivity contribution in [1.82, 2.24) is 14.7 Å². The van der Waals surface area contributed by atoms with E-state index in [1.54, 1.807) is 9.58 Å². The van der Waals surface area contributed by atoms with Gasteiger partial charge in [-0.25, -0.2) is 4.68 Å². The van der Waals surface area contributed by atoms with Gasteiger partial charge >= 0.3 is 0 Å². The number of nitrogens with one attached hydrogen (secondary N) is 1. The van der Waals surface area contributed by atoms with E-state index in [0.717, 1.165) is 42.6 Å². The maximum absolute atomic E-state index is 12.9. The van der Waals surface area contributed by atoms with E-state index >= 15 is 0 Å². The third-order valence-corrected chi connectivity index (χ3v) is 5.30. The van der Waals surface area contributed by atoms with Crippen molar-refractivity contribution in [2.24, 2.45) is 0 Å². The van der Waals surface area contributed by atoms with Crippen LogP contribution in [0.25, 0.3) is 5.69 Å². The molecule has 0 aliphatic carbocycles. The number of nitrogens with zero attached hydrogens (tertiary/aromatic N) is 3. The number of rotatable bonds is 10. The molecule has 0 aliphatic heterocycles. The monoisotopic (exact) mass is 426 g/mol. The summed E-state index contributed by atoms with van der Waals surface area (Å²) in [6.07, 6.45) is 4.17. The molecular formula is C25H38N4O2. The molecule has 1 N–H and O–H groups in total. The zero-order chi connectivity index (χ0) is 23.0. The minimum Gasteiger partial charge on any atom is -0.333 e. The highest BCUT2D eigenvalue weighted by atomic mass is 16.2. The molecule has 0 fully saturated rings. The van der Waals surface area contributed by atoms with Crippen LogP contribution in [0.5, 0.6) is 0 Å². The summed E-state index contributed by atoms with van der Waals surface area (Å²) in [6, 6.07) is 9.90. The molecular weight excluding hydrogens is 388 g/mol. The molecule has 1 aromatic heterocycles. The lowest BCUT2D eigenvalue weighted by Gasteiger charge is -2.22. The number of hydrogen-bond donors (Lipinski definition) is 1. The molecule has 0 saturated heterocycles. The summed E-state index contributed by atoms with van der Waals surface area (Å²) in [6.45, 7) is 13.1. The summed E-state index contributed by atoms with van der Waals surface area (Å²) in [5.74, 6) is 0.477. The average Bonchev–Trinajstić information content (AvgIpc) is 3.13. The number of carbonyl (C=O) groups is 2. The van der Waals surface area contributed by atoms with Gasteiger partial charge in [0.1, 0.15) is 5.82 Å². The Hall–Kier alpha value is -2.63. The van der Waals surface area contributed by atoms with E-state index in [-0.39, 0.29) is 23.8 Å². The fourth-order valence-electron chi connectivity index (χ4n) is 3.30. The maximum Gasteiger partial charge on any atom is 0.245 e. The molecule has 0 saturated carbocycles. The van der Waals surface area contributed by atoms with E-state index in [4.69, 9.17) is 5.10 Å². The second-order valence-corrected chi connectivity index (χ2v) is 9.18. The summed E-state index contributed by atoms with van der Waals surface area (Å²) in [4.78, 5) is 27.2. The zero-order valence-corrected chi connectivity index (χ0v) is 20.0. The van der Waals surface area contributed by atoms with E-state index < -0.39 is 0 Å². The van der Waals surface area contributed by atoms with Crippen molar-refractivity contribution < 1.29 is 9.59 Å². The SMILES string of the molecule is CCCCC(=O)N(CCCC)CC(=O)Nc1cc(C(C)(C)C)nn1-c1ccccc1C. The molecule has 1 heterocycles. The Balaban J connectivity index is 2.27. The Kier molecular flexibility index (Phi) is 8.84. The molecule has 0 spiro atoms. The third-order valence-electron chi connectivity index (χ3n) is 5.30. The van der Waals surface area contributed by atoms with Crippen molar-refractivity contribution in [2.45, 2.75) is 79.1 Å². The van der Waals surface area contributed by atoms with Crippen LogP contribution in [0.3, 0.4) is 0 Å². The lowest BCUT2D eigenvalue weighted by Crippen LogP contribution is -2.38. The first-order valence-electron chi connectivity index (χ1n) is 11.4. The van der Waals surface area contributed by atoms with Crippen molar-refractivity contribution in [2.75, 3.05) is 18.4 Å². The van der Waals surface area contributed by atoms with Gasteiger partial charge < -0.3 is 10.2 Å². The van der Waals surface area contributed by atoms with E-state index in [0.29, 0.717) is 18.8 Å². The Labute approximate surface area is 187 Å². The first kappa shape index (κ1) is 24.6. The van der Waals surface area contributed by atoms with Gasteiger partial charge in [0.15, 0.2) is 0 Å². The Morgan fingerprint density at radius 1 is 1.10 bits per heavy atom. The van der Waals surface area contributed by atoms with E-state index in [9.17, 15) is 9.59 Å². The van der Waals surface area contributed by atoms with Gasteiger partial charge in [-0.3, -0.25) is 9.59 Å². The van der Waals surface area contributed by atoms with Crippen LogP contribution >= 0.6 is 0 Å². The first-order chi connectivity index (χ1) is 14.7. The van der Waals surface area contributed by atoms with Crippen LogP contribution < -0.4 is 5.32 Å². The summed E-state index contributed by atoms with van der Waals surface area (Å²) in [5, 5.41) is 7.81. The van der Waals surface area contributed by atoms with Crippen LogP contribution in [0.4, 0.5) is 5.82 Å². The quantitative estimate of drug-likeness (QED) is 0.565. The van der Waals surface area contributed by atoms with Crippen LogP contribution in [0, 0.1) is 6.92 Å². The number of aryl methyl sites for hydroxylation is 1. The van der Waals surface area contributed by atoms with E-state index in [1.165, 1.54) is 0 Å². The van der Waals surface area contributed by atoms with Crippen LogP contribution in [0.15, 0.2) is 30.3 Å². The molecule has 0 atom stereocenters. The molecule has 1 aromatic carbocycles. The standard InChI is InChI=1S/C25H38N4O2/c1-7-9-15-24(31)28(16-10-8-2)18-23(30)26-22-17-21(25(4,5)6)27-29(22)20-14-12-11-13-19(20)3/h11-14,17H,7-10,15-16,18H2,1-6H3,(H,26,30). The van der Waals surface area contributed by atoms with Crippen molar-refractivity contribution >= 4 is 17.6 Å². The number of amides is 2. The molecule has 2 amide bonds. The highest BCUT2D eigenvalue weighted by Gasteiger charge is 2.23. The average molecular weight is 427 g/mol. The predicted octanol–water partition coefficient (Wildman–Crippen LogP) is 5.24. The minimum atomic E-state index is -0.198. The van der Waals surface area contributed by atoms with Crippen molar-refractivity contribution in [3.63, 3.8) is 0 Å². The molecule has 0 bridgehead atoms. The van der Waals surface area contributed by atoms with Crippen LogP contribution in [0.2, 0.25) is 0 Å². The molecule has 0 aliphatic rings. The molecule has 170 valence electrons. The second-order valence-electron chi connectivity index (χ2n) is 9.18. The molecule has 0 unspecified atom stereocenters. The number of hydrogen-bond acceptors (Lipinski definition) is 3. The zero-order valence-electron chi connectivity index (χ0n) is 20.0. The topological polar surface area (TPSA) is 67.2 Å². The number of para-hydroxylation sites is 1. The van der Waals surface area contributed by atoms with Crippen LogP contribution in [-0.4, -0.2) is 39.6 Å². The van der Waals surface area contributed by atoms with E-state index in [1.807, 2.05) is 37.3 Å². The second kappa shape index (κ2) is 11.1. The van der Waals surface area contributed by atoms with Gasteiger partial charge in [0.25, 0.3) is 0 Å². The molecule has 2 rings (SSSR count). The maximum atomic E-state index is 12.9. The number of benzene rings is 1. The summed E-state index contributed by atoms with van der Waals surface area (Å²) in [5.41, 5.74) is 2.74. The summed E-state index contributed by atoms with van der Waals surface area (Å²) < 4.78 is 1.79. The predicted molar refractivity (Wildman–Crippen MR) is 127 cm³/mol. The molecule has 0 radical (unpaired) electrons. The lowest BCUT2D eigenvalue weighted by molar-refractivity contribution is -0.134. The highest BCUT2D eigenvalue weighted by Crippen LogP contribution is 2.27. The number of unbranched alkanes of at least 4 members (excludes halogenated alkanes) is 2. The number of aromatic nitrogens is 2. The molecule has 6 heteroatoms. The van der Waals surface area contributed by atoms with Crippen LogP contribution in [0.1, 0.15) is 78.0 Å². The Bertz CT molecular complexity index is 880. The van der Waals surface area contributed by atoms with Gasteiger partial charge in [-0.05, 0) is 31.4 Å². The van der Waals surface area contributed by atoms with E-state index in [2.05, 4.69) is 39.9 Å². The van der Waals surface area contributed by atoms with Gasteiger partial charge in [-0.1, -0.05) is 65.7 Å². The smallest absolute Gasteiger partial charge is 0.245 e. The molecule has 6 nitrogen and oxygen atoms in total. The fraction of sp³-hybridized carbons (Fsp3) is 0.560. The Morgan fingerprint density at radius 2 is 1.77 bits per heavy atom. The van der Waals surface area contributed by atoms with Gasteiger partial charge in [0, 0.05) is 24.4 Å². The lowest BCUT2D eigenvalue weighted by atomic mass is 9.92. The van der Waals surface area contributed by atoms with Crippen molar-refractivity contribution in [3.8, 4) is 5.69 Å². The van der Waals surface area contributed by atoms with Crippen LogP contribution in [-0.2, 0) is 15.0 Å². The number of carbonyl (C=O) groups excluding carboxylic acids is 2. The number of anilines is 1. The highest BCUT2D eigenvalue weighted by molar-refractivity contribution is 5.94. The van der Waals surface area contributed by atoms with Gasteiger partial charge in [-0.15, -0.1) is 0 Å². The normalized spacial score (nSPS) is 11.4. The summed E-state index contributed by atoms with van der Waals surface area (Å²) >= 11 is 0. The van der Waals surface area contributed by atoms with Gasteiger partial charge in [-0.2, -0.15) is 5.10 Å². The first-order valence-corrected chi connectivity index (χ1v) is 11.4.